The molecule has 0 bridgehead atoms. The number of benzene rings is 6. The fourth-order valence-corrected chi connectivity index (χ4v) is 4.99. The van der Waals surface area contributed by atoms with E-state index in [1.54, 1.807) is 36.4 Å². The van der Waals surface area contributed by atoms with Gasteiger partial charge in [-0.25, -0.2) is 4.79 Å². The Balaban J connectivity index is 0.000000244. The van der Waals surface area contributed by atoms with Crippen LogP contribution in [-0.2, 0) is 29.0 Å². The molecular weight excluding hydrogens is 691 g/mol. The molecule has 6 rings (SSSR count). The standard InChI is InChI=1S/C22H21N3O.C17H16O2.C6H8N2.H2S/c23-20-11-4-5-12-21(20)25-22(26)14-13-17-7-6-8-18(15-17)16-24-19-9-2-1-3-10-19;18-17(19)12-11-16-8-4-7-15(13-16)10-9-14-5-2-1-3-6-14;7-5-3-1-2-4-6(5)8;/h1-15,24H,16,23H2,(H,25,26);1-8,11-13H,9-10H2,(H,18,19);1-4H,7-8H2;1H2/b14-13+;12-11+;;/i/hT. The van der Waals surface area contributed by atoms with E-state index in [1.807, 2.05) is 103 Å². The predicted octanol–water partition coefficient (Wildman–Crippen LogP) is 9.07. The summed E-state index contributed by atoms with van der Waals surface area (Å²) in [6.07, 6.45) is 8.03. The van der Waals surface area contributed by atoms with Crippen molar-refractivity contribution in [1.29, 1.82) is 1.12 Å². The third-order valence-corrected chi connectivity index (χ3v) is 7.78. The average Bonchev–Trinajstić information content (AvgIpc) is 3.22. The van der Waals surface area contributed by atoms with E-state index in [-0.39, 0.29) is 5.91 Å². The normalized spacial score (nSPS) is 10.4. The van der Waals surface area contributed by atoms with E-state index in [9.17, 15) is 9.59 Å². The van der Waals surface area contributed by atoms with Gasteiger partial charge in [-0.2, -0.15) is 13.4 Å². The van der Waals surface area contributed by atoms with Crippen LogP contribution in [0.1, 0.15) is 27.8 Å². The minimum atomic E-state index is -0.922. The molecule has 0 aliphatic heterocycles. The molecule has 6 aromatic carbocycles. The average molecular weight is 740 g/mol. The van der Waals surface area contributed by atoms with Crippen LogP contribution in [0.15, 0.2) is 170 Å². The number of amides is 1. The summed E-state index contributed by atoms with van der Waals surface area (Å²) in [6, 6.07) is 50.9. The van der Waals surface area contributed by atoms with Crippen molar-refractivity contribution in [1.82, 2.24) is 0 Å². The molecule has 276 valence electrons. The highest BCUT2D eigenvalue weighted by Crippen LogP contribution is 2.17. The molecule has 0 spiro atoms. The molecule has 0 saturated heterocycles. The van der Waals surface area contributed by atoms with Gasteiger partial charge in [0, 0.05) is 24.4 Å². The molecule has 9 heteroatoms. The molecule has 0 heterocycles. The van der Waals surface area contributed by atoms with Gasteiger partial charge in [-0.1, -0.05) is 115 Å². The highest BCUT2D eigenvalue weighted by atomic mass is 32.1. The molecular formula is C45H47N5O3S. The molecule has 8 nitrogen and oxygen atoms in total. The number of aryl methyl sites for hydroxylation is 2. The summed E-state index contributed by atoms with van der Waals surface area (Å²) in [6.45, 7) is 0.721. The zero-order chi connectivity index (χ0) is 39.7. The van der Waals surface area contributed by atoms with Crippen LogP contribution in [0.2, 0.25) is 0 Å². The first-order valence-corrected chi connectivity index (χ1v) is 17.1. The van der Waals surface area contributed by atoms with Crippen molar-refractivity contribution in [2.24, 2.45) is 0 Å². The fraction of sp³-hybridized carbons (Fsp3) is 0.0667. The Kier molecular flexibility index (Phi) is 17.0. The van der Waals surface area contributed by atoms with Gasteiger partial charge in [-0.3, -0.25) is 4.79 Å². The molecule has 0 aliphatic carbocycles. The zero-order valence-electron chi connectivity index (χ0n) is 30.9. The molecule has 0 atom stereocenters. The summed E-state index contributed by atoms with van der Waals surface area (Å²) in [5, 5.41) is 14.8. The highest BCUT2D eigenvalue weighted by molar-refractivity contribution is 7.59. The number of rotatable bonds is 11. The van der Waals surface area contributed by atoms with Gasteiger partial charge in [-0.15, -0.1) is 0 Å². The fourth-order valence-electron chi connectivity index (χ4n) is 4.99. The largest absolute Gasteiger partial charge is 0.478 e. The van der Waals surface area contributed by atoms with Gasteiger partial charge in [0.15, 0.2) is 0 Å². The molecule has 9 N–H and O–H groups in total. The lowest BCUT2D eigenvalue weighted by Crippen LogP contribution is -2.09. The van der Waals surface area contributed by atoms with Crippen LogP contribution >= 0.6 is 13.4 Å². The second kappa shape index (κ2) is 23.0. The Bertz CT molecular complexity index is 2090. The van der Waals surface area contributed by atoms with Crippen molar-refractivity contribution in [3.63, 3.8) is 0 Å². The summed E-state index contributed by atoms with van der Waals surface area (Å²) in [5.41, 5.74) is 25.7. The van der Waals surface area contributed by atoms with Gasteiger partial charge in [-0.05, 0) is 95.3 Å². The van der Waals surface area contributed by atoms with Crippen LogP contribution in [0.4, 0.5) is 28.4 Å². The monoisotopic (exact) mass is 739 g/mol. The molecule has 54 heavy (non-hydrogen) atoms. The lowest BCUT2D eigenvalue weighted by Gasteiger charge is -2.07. The first kappa shape index (κ1) is 40.1. The maximum atomic E-state index is 12.1. The van der Waals surface area contributed by atoms with Gasteiger partial charge in [0.05, 0.1) is 23.9 Å². The second-order valence-electron chi connectivity index (χ2n) is 11.9. The van der Waals surface area contributed by atoms with Crippen molar-refractivity contribution in [3.05, 3.63) is 198 Å². The van der Waals surface area contributed by atoms with Gasteiger partial charge in [0.2, 0.25) is 5.91 Å². The van der Waals surface area contributed by atoms with Crippen molar-refractivity contribution >= 4 is 65.9 Å². The lowest BCUT2D eigenvalue weighted by atomic mass is 10.0. The molecule has 6 aromatic rings. The predicted molar refractivity (Wildman–Crippen MR) is 231 cm³/mol. The summed E-state index contributed by atoms with van der Waals surface area (Å²) >= 11 is 2.78. The number of nitrogen functional groups attached to an aromatic ring is 3. The number of carboxylic acids is 1. The maximum Gasteiger partial charge on any atom is 0.328 e. The smallest absolute Gasteiger partial charge is 0.328 e. The van der Waals surface area contributed by atoms with E-state index >= 15 is 0 Å². The van der Waals surface area contributed by atoms with Crippen LogP contribution in [0.3, 0.4) is 0 Å². The van der Waals surface area contributed by atoms with Gasteiger partial charge >= 0.3 is 5.97 Å². The molecule has 0 fully saturated rings. The summed E-state index contributed by atoms with van der Waals surface area (Å²) in [5.74, 6) is -1.13. The molecule has 1 amide bonds. The minimum absolute atomic E-state index is 0.212. The number of para-hydroxylation sites is 5. The van der Waals surface area contributed by atoms with Crippen molar-refractivity contribution in [2.75, 3.05) is 27.8 Å². The summed E-state index contributed by atoms with van der Waals surface area (Å²) in [4.78, 5) is 22.5. The number of carbonyl (C=O) groups is 2. The number of hydrogen-bond donors (Lipinski definition) is 6. The first-order valence-electron chi connectivity index (χ1n) is 17.5. The Morgan fingerprint density at radius 3 is 1.65 bits per heavy atom. The molecule has 0 aromatic heterocycles. The molecule has 0 radical (unpaired) electrons. The molecule has 0 saturated carbocycles. The van der Waals surface area contributed by atoms with Crippen LogP contribution in [0, 0.1) is 0 Å². The van der Waals surface area contributed by atoms with Crippen molar-refractivity contribution < 1.29 is 14.7 Å². The van der Waals surface area contributed by atoms with E-state index in [2.05, 4.69) is 54.4 Å². The number of carboxylic acid groups (broad SMARTS) is 1. The van der Waals surface area contributed by atoms with E-state index in [0.717, 1.165) is 47.8 Å². The number of hydrogen-bond acceptors (Lipinski definition) is 6. The zero-order valence-corrected chi connectivity index (χ0v) is 30.8. The Morgan fingerprint density at radius 2 is 1.06 bits per heavy atom. The number of nitrogens with two attached hydrogens (primary N) is 3. The van der Waals surface area contributed by atoms with Crippen LogP contribution < -0.4 is 27.8 Å². The number of anilines is 5. The third kappa shape index (κ3) is 15.7. The van der Waals surface area contributed by atoms with Crippen LogP contribution in [0.5, 0.6) is 0 Å². The Hall–Kier alpha value is -6.71. The molecule has 0 aliphatic rings. The summed E-state index contributed by atoms with van der Waals surface area (Å²) in [7, 11) is 0. The quantitative estimate of drug-likeness (QED) is 0.0572. The van der Waals surface area contributed by atoms with Gasteiger partial charge in [0.1, 0.15) is 0 Å². The maximum absolute atomic E-state index is 12.1. The SMILES string of the molecule is Nc1ccccc1N.Nc1ccccc1NC(=O)/C=C/c1cccc(CNc2ccccc2)c1.O=C(O)/C=C/c1cccc(CCc2ccccc2)c1.[3H]S. The minimum Gasteiger partial charge on any atom is -0.478 e. The number of aliphatic carboxylic acids is 1. The van der Waals surface area contributed by atoms with Crippen LogP contribution in [-0.4, -0.2) is 18.1 Å². The Labute approximate surface area is 325 Å². The van der Waals surface area contributed by atoms with Crippen LogP contribution in [0.25, 0.3) is 12.2 Å². The summed E-state index contributed by atoms with van der Waals surface area (Å²) < 4.78 is 5.44. The number of nitrogens with one attached hydrogen (secondary N) is 2. The van der Waals surface area contributed by atoms with Gasteiger partial charge in [0.25, 0.3) is 0 Å². The van der Waals surface area contributed by atoms with E-state index in [0.29, 0.717) is 22.7 Å². The van der Waals surface area contributed by atoms with E-state index < -0.39 is 5.97 Å². The topological polar surface area (TPSA) is 156 Å². The van der Waals surface area contributed by atoms with E-state index in [4.69, 9.17) is 23.4 Å². The second-order valence-corrected chi connectivity index (χ2v) is 11.9. The first-order chi connectivity index (χ1) is 26.7. The lowest BCUT2D eigenvalue weighted by molar-refractivity contribution is -0.131. The number of carbonyl (C=O) groups excluding carboxylic acids is 1. The molecule has 0 unspecified atom stereocenters. The Morgan fingerprint density at radius 1 is 0.574 bits per heavy atom. The highest BCUT2D eigenvalue weighted by Gasteiger charge is 2.02. The third-order valence-electron chi connectivity index (χ3n) is 7.78. The van der Waals surface area contributed by atoms with Crippen molar-refractivity contribution in [3.8, 4) is 0 Å². The van der Waals surface area contributed by atoms with E-state index in [1.165, 1.54) is 17.2 Å². The van der Waals surface area contributed by atoms with Crippen molar-refractivity contribution in [2.45, 2.75) is 19.4 Å². The van der Waals surface area contributed by atoms with Gasteiger partial charge < -0.3 is 32.9 Å².